The second-order valence-electron chi connectivity index (χ2n) is 7.18. The minimum absolute atomic E-state index is 0.200. The molecule has 1 aliphatic rings. The smallest absolute Gasteiger partial charge is 0.255 e. The zero-order valence-electron chi connectivity index (χ0n) is 16.4. The summed E-state index contributed by atoms with van der Waals surface area (Å²) in [4.78, 5) is 27.0. The molecule has 4 rings (SSSR count). The first-order chi connectivity index (χ1) is 14.6. The van der Waals surface area contributed by atoms with E-state index in [2.05, 4.69) is 15.5 Å². The van der Waals surface area contributed by atoms with Crippen LogP contribution < -0.4 is 15.5 Å². The van der Waals surface area contributed by atoms with Crippen LogP contribution in [0.4, 0.5) is 21.5 Å². The largest absolute Gasteiger partial charge is 0.370 e. The first-order valence-corrected chi connectivity index (χ1v) is 9.93. The molecule has 152 valence electrons. The molecule has 0 atom stereocenters. The predicted molar refractivity (Wildman–Crippen MR) is 117 cm³/mol. The van der Waals surface area contributed by atoms with Crippen LogP contribution in [0, 0.1) is 5.82 Å². The Labute approximate surface area is 174 Å². The molecule has 1 fully saturated rings. The van der Waals surface area contributed by atoms with Crippen LogP contribution in [0.1, 0.15) is 33.6 Å². The van der Waals surface area contributed by atoms with E-state index in [1.807, 2.05) is 12.1 Å². The van der Waals surface area contributed by atoms with Crippen LogP contribution >= 0.6 is 0 Å². The van der Waals surface area contributed by atoms with Crippen LogP contribution in [0.25, 0.3) is 0 Å². The SMILES string of the molecule is O=C(Nc1ccc(C(=O)Nc2c(F)cccc2N2CCCC2)cc1)c1ccccc1. The van der Waals surface area contributed by atoms with E-state index in [-0.39, 0.29) is 11.6 Å². The molecule has 3 aromatic carbocycles. The number of nitrogens with one attached hydrogen (secondary N) is 2. The molecule has 2 N–H and O–H groups in total. The van der Waals surface area contributed by atoms with Crippen LogP contribution in [0.5, 0.6) is 0 Å². The summed E-state index contributed by atoms with van der Waals surface area (Å²) < 4.78 is 14.5. The number of halogens is 1. The first kappa shape index (κ1) is 19.6. The van der Waals surface area contributed by atoms with E-state index in [1.54, 1.807) is 54.6 Å². The highest BCUT2D eigenvalue weighted by Crippen LogP contribution is 2.31. The molecule has 0 unspecified atom stereocenters. The first-order valence-electron chi connectivity index (χ1n) is 9.93. The lowest BCUT2D eigenvalue weighted by atomic mass is 10.1. The maximum absolute atomic E-state index is 14.5. The van der Waals surface area contributed by atoms with Crippen molar-refractivity contribution in [3.05, 3.63) is 89.7 Å². The lowest BCUT2D eigenvalue weighted by Gasteiger charge is -2.22. The van der Waals surface area contributed by atoms with E-state index < -0.39 is 11.7 Å². The molecule has 1 saturated heterocycles. The molecule has 6 heteroatoms. The normalized spacial score (nSPS) is 13.2. The van der Waals surface area contributed by atoms with E-state index in [1.165, 1.54) is 6.07 Å². The second-order valence-corrected chi connectivity index (χ2v) is 7.18. The third-order valence-electron chi connectivity index (χ3n) is 5.12. The highest BCUT2D eigenvalue weighted by molar-refractivity contribution is 6.07. The zero-order chi connectivity index (χ0) is 20.9. The van der Waals surface area contributed by atoms with Gasteiger partial charge in [0, 0.05) is 29.9 Å². The number of rotatable bonds is 5. The van der Waals surface area contributed by atoms with E-state index in [9.17, 15) is 14.0 Å². The Morgan fingerprint density at radius 2 is 1.37 bits per heavy atom. The van der Waals surface area contributed by atoms with E-state index in [4.69, 9.17) is 0 Å². The van der Waals surface area contributed by atoms with Crippen molar-refractivity contribution in [2.45, 2.75) is 12.8 Å². The average Bonchev–Trinajstić information content (AvgIpc) is 3.31. The number of amides is 2. The Balaban J connectivity index is 1.47. The molecule has 1 aliphatic heterocycles. The lowest BCUT2D eigenvalue weighted by Crippen LogP contribution is -2.22. The lowest BCUT2D eigenvalue weighted by molar-refractivity contribution is 0.101. The molecular formula is C24H22FN3O2. The van der Waals surface area contributed by atoms with E-state index in [0.29, 0.717) is 22.5 Å². The fourth-order valence-electron chi connectivity index (χ4n) is 3.54. The third kappa shape index (κ3) is 4.33. The molecule has 1 heterocycles. The minimum atomic E-state index is -0.459. The standard InChI is InChI=1S/C24H22FN3O2/c25-20-9-6-10-21(28-15-4-5-16-28)22(20)27-24(30)18-11-13-19(14-12-18)26-23(29)17-7-2-1-3-8-17/h1-3,6-14H,4-5,15-16H2,(H,26,29)(H,27,30). The van der Waals surface area contributed by atoms with Crippen molar-refractivity contribution in [3.8, 4) is 0 Å². The molecule has 0 saturated carbocycles. The number of hydrogen-bond acceptors (Lipinski definition) is 3. The van der Waals surface area contributed by atoms with E-state index in [0.717, 1.165) is 25.9 Å². The maximum Gasteiger partial charge on any atom is 0.255 e. The van der Waals surface area contributed by atoms with Gasteiger partial charge in [0.25, 0.3) is 11.8 Å². The zero-order valence-corrected chi connectivity index (χ0v) is 16.4. The molecule has 30 heavy (non-hydrogen) atoms. The Morgan fingerprint density at radius 3 is 2.07 bits per heavy atom. The van der Waals surface area contributed by atoms with Gasteiger partial charge >= 0.3 is 0 Å². The Bertz CT molecular complexity index is 1050. The van der Waals surface area contributed by atoms with Crippen molar-refractivity contribution in [1.29, 1.82) is 0 Å². The van der Waals surface area contributed by atoms with Crippen molar-refractivity contribution >= 4 is 28.9 Å². The quantitative estimate of drug-likeness (QED) is 0.635. The average molecular weight is 403 g/mol. The van der Waals surface area contributed by atoms with Gasteiger partial charge in [-0.05, 0) is 61.4 Å². The van der Waals surface area contributed by atoms with Gasteiger partial charge in [0.2, 0.25) is 0 Å². The van der Waals surface area contributed by atoms with Gasteiger partial charge in [0.05, 0.1) is 5.69 Å². The van der Waals surface area contributed by atoms with Gasteiger partial charge in [-0.2, -0.15) is 0 Å². The number of para-hydroxylation sites is 1. The van der Waals surface area contributed by atoms with Gasteiger partial charge in [-0.3, -0.25) is 9.59 Å². The predicted octanol–water partition coefficient (Wildman–Crippen LogP) is 4.93. The summed E-state index contributed by atoms with van der Waals surface area (Å²) in [5, 5.41) is 5.51. The molecule has 0 aliphatic carbocycles. The number of carbonyl (C=O) groups is 2. The van der Waals surface area contributed by atoms with Crippen LogP contribution in [-0.2, 0) is 0 Å². The molecule has 0 bridgehead atoms. The number of benzene rings is 3. The van der Waals surface area contributed by atoms with Gasteiger partial charge in [-0.15, -0.1) is 0 Å². The van der Waals surface area contributed by atoms with Crippen LogP contribution in [0.15, 0.2) is 72.8 Å². The highest BCUT2D eigenvalue weighted by Gasteiger charge is 2.20. The monoisotopic (exact) mass is 403 g/mol. The number of hydrogen-bond donors (Lipinski definition) is 2. The summed E-state index contributed by atoms with van der Waals surface area (Å²) in [7, 11) is 0. The summed E-state index contributed by atoms with van der Waals surface area (Å²) in [5.74, 6) is -1.09. The van der Waals surface area contributed by atoms with Crippen molar-refractivity contribution in [2.24, 2.45) is 0 Å². The minimum Gasteiger partial charge on any atom is -0.370 e. The third-order valence-corrected chi connectivity index (χ3v) is 5.12. The molecule has 2 amide bonds. The van der Waals surface area contributed by atoms with Gasteiger partial charge in [0.1, 0.15) is 11.5 Å². The Hall–Kier alpha value is -3.67. The second kappa shape index (κ2) is 8.78. The van der Waals surface area contributed by atoms with Crippen LogP contribution in [0.2, 0.25) is 0 Å². The highest BCUT2D eigenvalue weighted by atomic mass is 19.1. The molecule has 0 radical (unpaired) electrons. The fraction of sp³-hybridized carbons (Fsp3) is 0.167. The van der Waals surface area contributed by atoms with Gasteiger partial charge in [-0.25, -0.2) is 4.39 Å². The topological polar surface area (TPSA) is 61.4 Å². The fourth-order valence-corrected chi connectivity index (χ4v) is 3.54. The van der Waals surface area contributed by atoms with Crippen LogP contribution in [-0.4, -0.2) is 24.9 Å². The summed E-state index contributed by atoms with van der Waals surface area (Å²) in [6.07, 6.45) is 2.11. The Kier molecular flexibility index (Phi) is 5.75. The summed E-state index contributed by atoms with van der Waals surface area (Å²) >= 11 is 0. The van der Waals surface area contributed by atoms with Crippen LogP contribution in [0.3, 0.4) is 0 Å². The van der Waals surface area contributed by atoms with Crippen molar-refractivity contribution in [3.63, 3.8) is 0 Å². The van der Waals surface area contributed by atoms with Crippen molar-refractivity contribution < 1.29 is 14.0 Å². The summed E-state index contributed by atoms with van der Waals surface area (Å²) in [6, 6.07) is 20.2. The molecule has 3 aromatic rings. The molecule has 5 nitrogen and oxygen atoms in total. The number of carbonyl (C=O) groups excluding carboxylic acids is 2. The molecule has 0 spiro atoms. The summed E-state index contributed by atoms with van der Waals surface area (Å²) in [6.45, 7) is 1.70. The molecule has 0 aromatic heterocycles. The molecular weight excluding hydrogens is 381 g/mol. The van der Waals surface area contributed by atoms with Gasteiger partial charge in [-0.1, -0.05) is 24.3 Å². The van der Waals surface area contributed by atoms with Crippen molar-refractivity contribution in [2.75, 3.05) is 28.6 Å². The summed E-state index contributed by atoms with van der Waals surface area (Å²) in [5.41, 5.74) is 2.40. The van der Waals surface area contributed by atoms with E-state index >= 15 is 0 Å². The van der Waals surface area contributed by atoms with Crippen molar-refractivity contribution in [1.82, 2.24) is 0 Å². The van der Waals surface area contributed by atoms with Gasteiger partial charge in [0.15, 0.2) is 0 Å². The number of anilines is 3. The Morgan fingerprint density at radius 1 is 0.733 bits per heavy atom. The van der Waals surface area contributed by atoms with Gasteiger partial charge < -0.3 is 15.5 Å². The number of nitrogens with zero attached hydrogens (tertiary/aromatic N) is 1. The maximum atomic E-state index is 14.5.